The Balaban J connectivity index is 3.15. The fourth-order valence-electron chi connectivity index (χ4n) is 1.40. The summed E-state index contributed by atoms with van der Waals surface area (Å²) < 4.78 is 74.8. The SMILES string of the molecule is CCc1cc(C(F)C(F)(F)C(F)(F)F)ccc1O. The zero-order valence-electron chi connectivity index (χ0n) is 9.23. The Morgan fingerprint density at radius 1 is 1.17 bits per heavy atom. The molecule has 1 rings (SSSR count). The van der Waals surface area contributed by atoms with Gasteiger partial charge in [-0.25, -0.2) is 4.39 Å². The Kier molecular flexibility index (Phi) is 3.83. The highest BCUT2D eigenvalue weighted by Crippen LogP contribution is 2.46. The van der Waals surface area contributed by atoms with Crippen LogP contribution in [0.4, 0.5) is 26.3 Å². The van der Waals surface area contributed by atoms with E-state index in [0.29, 0.717) is 6.07 Å². The molecule has 0 saturated heterocycles. The minimum Gasteiger partial charge on any atom is -0.508 e. The maximum absolute atomic E-state index is 13.3. The molecule has 0 bridgehead atoms. The van der Waals surface area contributed by atoms with Gasteiger partial charge >= 0.3 is 12.1 Å². The summed E-state index contributed by atoms with van der Waals surface area (Å²) in [7, 11) is 0. The number of hydrogen-bond donors (Lipinski definition) is 1. The Hall–Kier alpha value is -1.40. The molecule has 1 aromatic carbocycles. The molecule has 0 radical (unpaired) electrons. The van der Waals surface area contributed by atoms with Crippen LogP contribution in [0.25, 0.3) is 0 Å². The van der Waals surface area contributed by atoms with Crippen molar-refractivity contribution in [1.29, 1.82) is 0 Å². The molecule has 7 heteroatoms. The van der Waals surface area contributed by atoms with E-state index < -0.39 is 23.8 Å². The van der Waals surface area contributed by atoms with Crippen LogP contribution in [0.3, 0.4) is 0 Å². The number of benzene rings is 1. The van der Waals surface area contributed by atoms with Crippen molar-refractivity contribution >= 4 is 0 Å². The highest BCUT2D eigenvalue weighted by Gasteiger charge is 2.63. The summed E-state index contributed by atoms with van der Waals surface area (Å²) in [6.07, 6.45) is -9.27. The maximum atomic E-state index is 13.3. The average Bonchev–Trinajstić information content (AvgIpc) is 2.27. The molecular formula is C11H10F6O. The minimum absolute atomic E-state index is 0.105. The van der Waals surface area contributed by atoms with E-state index >= 15 is 0 Å². The van der Waals surface area contributed by atoms with E-state index in [0.717, 1.165) is 12.1 Å². The molecule has 0 spiro atoms. The molecule has 0 amide bonds. The van der Waals surface area contributed by atoms with Crippen molar-refractivity contribution in [1.82, 2.24) is 0 Å². The predicted octanol–water partition coefficient (Wildman–Crippen LogP) is 4.16. The topological polar surface area (TPSA) is 20.2 Å². The number of aromatic hydroxyl groups is 1. The molecule has 18 heavy (non-hydrogen) atoms. The standard InChI is InChI=1S/C11H10F6O/c1-2-6-5-7(3-4-8(6)18)9(12)10(13,14)11(15,16)17/h3-5,9,18H,2H2,1H3. The molecule has 1 aromatic rings. The van der Waals surface area contributed by atoms with Gasteiger partial charge in [-0.15, -0.1) is 0 Å². The third-order valence-corrected chi connectivity index (χ3v) is 2.47. The van der Waals surface area contributed by atoms with Crippen molar-refractivity contribution in [3.8, 4) is 5.75 Å². The van der Waals surface area contributed by atoms with Crippen molar-refractivity contribution < 1.29 is 31.4 Å². The molecule has 0 aliphatic carbocycles. The van der Waals surface area contributed by atoms with Crippen LogP contribution in [-0.4, -0.2) is 17.2 Å². The van der Waals surface area contributed by atoms with Crippen LogP contribution in [0, 0.1) is 0 Å². The normalized spacial score (nSPS) is 14.6. The monoisotopic (exact) mass is 272 g/mol. The van der Waals surface area contributed by atoms with Gasteiger partial charge in [0, 0.05) is 0 Å². The molecule has 1 atom stereocenters. The number of hydrogen-bond acceptors (Lipinski definition) is 1. The molecule has 0 aromatic heterocycles. The van der Waals surface area contributed by atoms with Crippen LogP contribution in [0.15, 0.2) is 18.2 Å². The van der Waals surface area contributed by atoms with Crippen molar-refractivity contribution in [2.24, 2.45) is 0 Å². The predicted molar refractivity (Wildman–Crippen MR) is 52.3 cm³/mol. The van der Waals surface area contributed by atoms with Gasteiger partial charge in [-0.2, -0.15) is 22.0 Å². The first-order valence-electron chi connectivity index (χ1n) is 5.01. The summed E-state index contributed by atoms with van der Waals surface area (Å²) in [6.45, 7) is 1.55. The van der Waals surface area contributed by atoms with Gasteiger partial charge in [0.1, 0.15) is 5.75 Å². The van der Waals surface area contributed by atoms with Crippen LogP contribution >= 0.6 is 0 Å². The molecule has 0 aliphatic heterocycles. The second kappa shape index (κ2) is 4.70. The molecule has 1 nitrogen and oxygen atoms in total. The third kappa shape index (κ3) is 2.54. The quantitative estimate of drug-likeness (QED) is 0.819. The number of halogens is 6. The second-order valence-electron chi connectivity index (χ2n) is 3.72. The van der Waals surface area contributed by atoms with Crippen LogP contribution in [0.2, 0.25) is 0 Å². The largest absolute Gasteiger partial charge is 0.508 e. The fourth-order valence-corrected chi connectivity index (χ4v) is 1.40. The lowest BCUT2D eigenvalue weighted by molar-refractivity contribution is -0.305. The number of phenols is 1. The molecular weight excluding hydrogens is 262 g/mol. The van der Waals surface area contributed by atoms with Gasteiger partial charge in [-0.3, -0.25) is 0 Å². The number of alkyl halides is 6. The number of phenolic OH excluding ortho intramolecular Hbond substituents is 1. The minimum atomic E-state index is -5.96. The van der Waals surface area contributed by atoms with Gasteiger partial charge in [0.2, 0.25) is 0 Å². The van der Waals surface area contributed by atoms with Gasteiger partial charge in [0.25, 0.3) is 0 Å². The Bertz CT molecular complexity index is 426. The summed E-state index contributed by atoms with van der Waals surface area (Å²) in [5, 5.41) is 9.25. The van der Waals surface area contributed by atoms with Gasteiger partial charge in [0.05, 0.1) is 0 Å². The molecule has 0 heterocycles. The van der Waals surface area contributed by atoms with E-state index in [-0.39, 0.29) is 17.7 Å². The lowest BCUT2D eigenvalue weighted by Gasteiger charge is -2.23. The van der Waals surface area contributed by atoms with Crippen LogP contribution in [0.5, 0.6) is 5.75 Å². The summed E-state index contributed by atoms with van der Waals surface area (Å²) in [5.41, 5.74) is -0.708. The van der Waals surface area contributed by atoms with Gasteiger partial charge in [-0.1, -0.05) is 13.0 Å². The highest BCUT2D eigenvalue weighted by atomic mass is 19.4. The third-order valence-electron chi connectivity index (χ3n) is 2.47. The highest BCUT2D eigenvalue weighted by molar-refractivity contribution is 5.37. The van der Waals surface area contributed by atoms with Crippen LogP contribution in [-0.2, 0) is 6.42 Å². The average molecular weight is 272 g/mol. The number of rotatable bonds is 3. The smallest absolute Gasteiger partial charge is 0.456 e. The van der Waals surface area contributed by atoms with Gasteiger partial charge in [0.15, 0.2) is 6.17 Å². The summed E-state index contributed by atoms with van der Waals surface area (Å²) in [5.74, 6) is -5.74. The van der Waals surface area contributed by atoms with E-state index in [1.807, 2.05) is 0 Å². The molecule has 0 saturated carbocycles. The lowest BCUT2D eigenvalue weighted by atomic mass is 10.0. The van der Waals surface area contributed by atoms with Gasteiger partial charge < -0.3 is 5.11 Å². The molecule has 1 N–H and O–H groups in total. The van der Waals surface area contributed by atoms with E-state index in [9.17, 15) is 31.4 Å². The first-order valence-corrected chi connectivity index (χ1v) is 5.01. The molecule has 1 unspecified atom stereocenters. The van der Waals surface area contributed by atoms with Crippen molar-refractivity contribution in [3.05, 3.63) is 29.3 Å². The molecule has 102 valence electrons. The van der Waals surface area contributed by atoms with Crippen molar-refractivity contribution in [2.75, 3.05) is 0 Å². The summed E-state index contributed by atoms with van der Waals surface area (Å²) in [6, 6.07) is 2.41. The van der Waals surface area contributed by atoms with Gasteiger partial charge in [-0.05, 0) is 29.7 Å². The molecule has 0 fully saturated rings. The Morgan fingerprint density at radius 2 is 1.72 bits per heavy atom. The maximum Gasteiger partial charge on any atom is 0.456 e. The zero-order valence-corrected chi connectivity index (χ0v) is 9.23. The van der Waals surface area contributed by atoms with Crippen molar-refractivity contribution in [3.63, 3.8) is 0 Å². The van der Waals surface area contributed by atoms with E-state index in [1.165, 1.54) is 0 Å². The fraction of sp³-hybridized carbons (Fsp3) is 0.455. The zero-order chi connectivity index (χ0) is 14.1. The first kappa shape index (κ1) is 14.7. The Labute approximate surface area is 99.0 Å². The summed E-state index contributed by atoms with van der Waals surface area (Å²) in [4.78, 5) is 0. The first-order chi connectivity index (χ1) is 8.11. The summed E-state index contributed by atoms with van der Waals surface area (Å²) >= 11 is 0. The van der Waals surface area contributed by atoms with Crippen LogP contribution < -0.4 is 0 Å². The molecule has 0 aliphatic rings. The second-order valence-corrected chi connectivity index (χ2v) is 3.72. The lowest BCUT2D eigenvalue weighted by Crippen LogP contribution is -2.40. The van der Waals surface area contributed by atoms with Crippen molar-refractivity contribution in [2.45, 2.75) is 31.6 Å². The van der Waals surface area contributed by atoms with E-state index in [1.54, 1.807) is 6.92 Å². The van der Waals surface area contributed by atoms with Crippen LogP contribution in [0.1, 0.15) is 24.2 Å². The van der Waals surface area contributed by atoms with E-state index in [2.05, 4.69) is 0 Å². The van der Waals surface area contributed by atoms with E-state index in [4.69, 9.17) is 0 Å². The Morgan fingerprint density at radius 3 is 2.17 bits per heavy atom. The number of aryl methyl sites for hydroxylation is 1.